The second-order valence-electron chi connectivity index (χ2n) is 5.59. The number of ether oxygens (including phenoxy) is 1. The van der Waals surface area contributed by atoms with Gasteiger partial charge in [-0.3, -0.25) is 4.79 Å². The molecule has 5 heteroatoms. The van der Waals surface area contributed by atoms with Gasteiger partial charge in [-0.05, 0) is 50.9 Å². The maximum atomic E-state index is 12.2. The number of amides is 1. The molecule has 0 aliphatic carbocycles. The molecule has 1 aromatic carbocycles. The fourth-order valence-electron chi connectivity index (χ4n) is 2.32. The molecule has 0 bridgehead atoms. The second-order valence-corrected chi connectivity index (χ2v) is 5.59. The quantitative estimate of drug-likeness (QED) is 0.879. The van der Waals surface area contributed by atoms with Gasteiger partial charge in [0.05, 0.1) is 18.6 Å². The molecule has 1 fully saturated rings. The Bertz CT molecular complexity index is 446. The standard InChI is InChI=1S/C16H24N2O2.ClH/c1-12(2)20-11-13-5-3-7-15(9-13)18-16(19)14-6-4-8-17-10-14;/h3,5,7,9,12,14,17H,4,6,8,10-11H2,1-2H3,(H,18,19);1H. The monoisotopic (exact) mass is 312 g/mol. The van der Waals surface area contributed by atoms with Crippen molar-refractivity contribution in [2.45, 2.75) is 39.4 Å². The normalized spacial score (nSPS) is 18.1. The van der Waals surface area contributed by atoms with Gasteiger partial charge in [0.15, 0.2) is 0 Å². The Morgan fingerprint density at radius 1 is 1.48 bits per heavy atom. The predicted molar refractivity (Wildman–Crippen MR) is 87.8 cm³/mol. The first-order chi connectivity index (χ1) is 9.65. The number of piperidine rings is 1. The van der Waals surface area contributed by atoms with Crippen molar-refractivity contribution in [1.82, 2.24) is 5.32 Å². The molecule has 0 spiro atoms. The van der Waals surface area contributed by atoms with Gasteiger partial charge in [-0.2, -0.15) is 0 Å². The fourth-order valence-corrected chi connectivity index (χ4v) is 2.32. The molecule has 0 radical (unpaired) electrons. The largest absolute Gasteiger partial charge is 0.374 e. The summed E-state index contributed by atoms with van der Waals surface area (Å²) < 4.78 is 5.58. The molecular formula is C16H25ClN2O2. The first kappa shape index (κ1) is 18.0. The lowest BCUT2D eigenvalue weighted by Gasteiger charge is -2.22. The third kappa shape index (κ3) is 6.04. The van der Waals surface area contributed by atoms with E-state index in [0.717, 1.165) is 37.2 Å². The van der Waals surface area contributed by atoms with E-state index in [1.165, 1.54) is 0 Å². The van der Waals surface area contributed by atoms with Crippen LogP contribution >= 0.6 is 12.4 Å². The van der Waals surface area contributed by atoms with E-state index in [-0.39, 0.29) is 30.3 Å². The maximum absolute atomic E-state index is 12.2. The maximum Gasteiger partial charge on any atom is 0.228 e. The van der Waals surface area contributed by atoms with Crippen molar-refractivity contribution in [3.63, 3.8) is 0 Å². The summed E-state index contributed by atoms with van der Waals surface area (Å²) in [5, 5.41) is 6.27. The number of carbonyl (C=O) groups is 1. The van der Waals surface area contributed by atoms with Crippen molar-refractivity contribution in [2.24, 2.45) is 5.92 Å². The first-order valence-electron chi connectivity index (χ1n) is 7.37. The van der Waals surface area contributed by atoms with Gasteiger partial charge in [-0.1, -0.05) is 12.1 Å². The lowest BCUT2D eigenvalue weighted by atomic mass is 9.99. The van der Waals surface area contributed by atoms with Crippen LogP contribution < -0.4 is 10.6 Å². The molecule has 0 saturated carbocycles. The van der Waals surface area contributed by atoms with Gasteiger partial charge in [-0.15, -0.1) is 12.4 Å². The molecule has 1 aromatic rings. The summed E-state index contributed by atoms with van der Waals surface area (Å²) >= 11 is 0. The smallest absolute Gasteiger partial charge is 0.228 e. The average molecular weight is 313 g/mol. The van der Waals surface area contributed by atoms with E-state index in [2.05, 4.69) is 10.6 Å². The summed E-state index contributed by atoms with van der Waals surface area (Å²) in [6.45, 7) is 6.41. The number of hydrogen-bond donors (Lipinski definition) is 2. The van der Waals surface area contributed by atoms with Crippen molar-refractivity contribution >= 4 is 24.0 Å². The number of halogens is 1. The van der Waals surface area contributed by atoms with Gasteiger partial charge in [-0.25, -0.2) is 0 Å². The van der Waals surface area contributed by atoms with Crippen LogP contribution in [0.15, 0.2) is 24.3 Å². The van der Waals surface area contributed by atoms with Crippen molar-refractivity contribution in [3.8, 4) is 0 Å². The zero-order chi connectivity index (χ0) is 14.4. The highest BCUT2D eigenvalue weighted by atomic mass is 35.5. The van der Waals surface area contributed by atoms with Gasteiger partial charge in [0.2, 0.25) is 5.91 Å². The number of hydrogen-bond acceptors (Lipinski definition) is 3. The van der Waals surface area contributed by atoms with E-state index in [4.69, 9.17) is 4.74 Å². The van der Waals surface area contributed by atoms with E-state index in [1.807, 2.05) is 38.1 Å². The minimum Gasteiger partial charge on any atom is -0.374 e. The minimum atomic E-state index is 0. The highest BCUT2D eigenvalue weighted by molar-refractivity contribution is 5.92. The van der Waals surface area contributed by atoms with E-state index in [9.17, 15) is 4.79 Å². The molecule has 21 heavy (non-hydrogen) atoms. The molecule has 1 atom stereocenters. The van der Waals surface area contributed by atoms with Crippen LogP contribution in [0.25, 0.3) is 0 Å². The Kier molecular flexibility index (Phi) is 7.72. The molecule has 118 valence electrons. The molecule has 1 saturated heterocycles. The van der Waals surface area contributed by atoms with Crippen LogP contribution in [0, 0.1) is 5.92 Å². The Morgan fingerprint density at radius 2 is 2.29 bits per heavy atom. The Hall–Kier alpha value is -1.10. The Balaban J connectivity index is 0.00000220. The van der Waals surface area contributed by atoms with Crippen LogP contribution in [0.3, 0.4) is 0 Å². The summed E-state index contributed by atoms with van der Waals surface area (Å²) in [5.41, 5.74) is 1.93. The van der Waals surface area contributed by atoms with Gasteiger partial charge >= 0.3 is 0 Å². The molecule has 1 amide bonds. The molecule has 2 N–H and O–H groups in total. The van der Waals surface area contributed by atoms with Crippen LogP contribution in [0.5, 0.6) is 0 Å². The van der Waals surface area contributed by atoms with Crippen molar-refractivity contribution in [2.75, 3.05) is 18.4 Å². The number of anilines is 1. The third-order valence-corrected chi connectivity index (χ3v) is 3.45. The molecule has 1 heterocycles. The van der Waals surface area contributed by atoms with E-state index in [0.29, 0.717) is 6.61 Å². The summed E-state index contributed by atoms with van der Waals surface area (Å²) in [4.78, 5) is 12.2. The summed E-state index contributed by atoms with van der Waals surface area (Å²) in [7, 11) is 0. The van der Waals surface area contributed by atoms with Crippen molar-refractivity contribution in [1.29, 1.82) is 0 Å². The van der Waals surface area contributed by atoms with E-state index in [1.54, 1.807) is 0 Å². The molecule has 2 rings (SSSR count). The third-order valence-electron chi connectivity index (χ3n) is 3.45. The van der Waals surface area contributed by atoms with Crippen LogP contribution in [0.4, 0.5) is 5.69 Å². The molecule has 1 unspecified atom stereocenters. The predicted octanol–water partition coefficient (Wildman–Crippen LogP) is 2.97. The lowest BCUT2D eigenvalue weighted by molar-refractivity contribution is -0.120. The number of carbonyl (C=O) groups excluding carboxylic acids is 1. The number of rotatable bonds is 5. The number of nitrogens with one attached hydrogen (secondary N) is 2. The second kappa shape index (κ2) is 9.03. The zero-order valence-electron chi connectivity index (χ0n) is 12.7. The van der Waals surface area contributed by atoms with E-state index < -0.39 is 0 Å². The average Bonchev–Trinajstić information content (AvgIpc) is 2.46. The van der Waals surface area contributed by atoms with Crippen molar-refractivity contribution < 1.29 is 9.53 Å². The molecule has 1 aliphatic heterocycles. The van der Waals surface area contributed by atoms with Gasteiger partial charge in [0, 0.05) is 12.2 Å². The van der Waals surface area contributed by atoms with Crippen LogP contribution in [-0.4, -0.2) is 25.1 Å². The first-order valence-corrected chi connectivity index (χ1v) is 7.37. The summed E-state index contributed by atoms with van der Waals surface area (Å²) in [6, 6.07) is 7.87. The zero-order valence-corrected chi connectivity index (χ0v) is 13.5. The SMILES string of the molecule is CC(C)OCc1cccc(NC(=O)C2CCCNC2)c1.Cl. The van der Waals surface area contributed by atoms with Crippen LogP contribution in [0.1, 0.15) is 32.3 Å². The van der Waals surface area contributed by atoms with E-state index >= 15 is 0 Å². The van der Waals surface area contributed by atoms with Crippen LogP contribution in [0.2, 0.25) is 0 Å². The molecule has 0 aromatic heterocycles. The lowest BCUT2D eigenvalue weighted by Crippen LogP contribution is -2.37. The topological polar surface area (TPSA) is 50.4 Å². The van der Waals surface area contributed by atoms with Crippen LogP contribution in [-0.2, 0) is 16.1 Å². The summed E-state index contributed by atoms with van der Waals surface area (Å²) in [6.07, 6.45) is 2.25. The molecular weight excluding hydrogens is 288 g/mol. The van der Waals surface area contributed by atoms with Gasteiger partial charge in [0.25, 0.3) is 0 Å². The summed E-state index contributed by atoms with van der Waals surface area (Å²) in [5.74, 6) is 0.193. The molecule has 1 aliphatic rings. The highest BCUT2D eigenvalue weighted by Crippen LogP contribution is 2.16. The highest BCUT2D eigenvalue weighted by Gasteiger charge is 2.20. The minimum absolute atomic E-state index is 0. The Labute approximate surface area is 133 Å². The van der Waals surface area contributed by atoms with Gasteiger partial charge in [0.1, 0.15) is 0 Å². The number of benzene rings is 1. The van der Waals surface area contributed by atoms with Crippen molar-refractivity contribution in [3.05, 3.63) is 29.8 Å². The van der Waals surface area contributed by atoms with Gasteiger partial charge < -0.3 is 15.4 Å². The Morgan fingerprint density at radius 3 is 2.95 bits per heavy atom. The molecule has 4 nitrogen and oxygen atoms in total. The fraction of sp³-hybridized carbons (Fsp3) is 0.562.